The van der Waals surface area contributed by atoms with Crippen molar-refractivity contribution in [2.24, 2.45) is 13.0 Å². The monoisotopic (exact) mass is 444 g/mol. The average Bonchev–Trinajstić information content (AvgIpc) is 3.10. The van der Waals surface area contributed by atoms with Gasteiger partial charge in [0, 0.05) is 19.5 Å². The lowest BCUT2D eigenvalue weighted by Gasteiger charge is -2.20. The number of hydrogen-bond acceptors (Lipinski definition) is 5. The number of rotatable bonds is 5. The Hall–Kier alpha value is -3.07. The van der Waals surface area contributed by atoms with Gasteiger partial charge in [0.2, 0.25) is 5.91 Å². The number of carbonyl (C=O) groups is 2. The molecule has 4 rings (SSSR count). The molecule has 0 saturated heterocycles. The Morgan fingerprint density at radius 1 is 1.19 bits per heavy atom. The highest BCUT2D eigenvalue weighted by Crippen LogP contribution is 2.27. The maximum Gasteiger partial charge on any atom is 0.272 e. The minimum atomic E-state index is -0.523. The summed E-state index contributed by atoms with van der Waals surface area (Å²) in [7, 11) is 1.68. The fraction of sp³-hybridized carbons (Fsp3) is 0.381. The maximum atomic E-state index is 13.3. The first-order valence-electron chi connectivity index (χ1n) is 10.1. The summed E-state index contributed by atoms with van der Waals surface area (Å²) in [5.74, 6) is -0.623. The molecule has 1 aromatic carbocycles. The van der Waals surface area contributed by atoms with E-state index in [0.717, 1.165) is 32.1 Å². The molecule has 1 aliphatic rings. The van der Waals surface area contributed by atoms with Gasteiger partial charge >= 0.3 is 0 Å². The van der Waals surface area contributed by atoms with Crippen LogP contribution in [0.1, 0.15) is 48.2 Å². The fourth-order valence-corrected chi connectivity index (χ4v) is 4.01. The van der Waals surface area contributed by atoms with Crippen LogP contribution in [-0.2, 0) is 18.4 Å². The lowest BCUT2D eigenvalue weighted by molar-refractivity contribution is -0.120. The van der Waals surface area contributed by atoms with Gasteiger partial charge in [-0.2, -0.15) is 5.10 Å². The van der Waals surface area contributed by atoms with Crippen LogP contribution in [0.25, 0.3) is 11.0 Å². The van der Waals surface area contributed by atoms with E-state index in [1.165, 1.54) is 29.2 Å². The zero-order valence-electron chi connectivity index (χ0n) is 17.0. The van der Waals surface area contributed by atoms with Crippen LogP contribution in [-0.4, -0.2) is 31.6 Å². The molecular weight excluding hydrogens is 423 g/mol. The highest BCUT2D eigenvalue weighted by atomic mass is 35.5. The predicted molar refractivity (Wildman–Crippen MR) is 114 cm³/mol. The summed E-state index contributed by atoms with van der Waals surface area (Å²) >= 11 is 5.79. The molecule has 162 valence electrons. The number of nitrogens with zero attached hydrogens (tertiary/aromatic N) is 4. The van der Waals surface area contributed by atoms with E-state index in [-0.39, 0.29) is 29.1 Å². The van der Waals surface area contributed by atoms with Crippen molar-refractivity contribution in [1.82, 2.24) is 25.1 Å². The number of anilines is 1. The van der Waals surface area contributed by atoms with Gasteiger partial charge < -0.3 is 10.6 Å². The molecule has 10 heteroatoms. The number of carbonyl (C=O) groups excluding carboxylic acids is 2. The molecule has 1 saturated carbocycles. The summed E-state index contributed by atoms with van der Waals surface area (Å²) in [5.41, 5.74) is 1.42. The molecule has 0 aliphatic heterocycles. The van der Waals surface area contributed by atoms with E-state index in [1.54, 1.807) is 7.05 Å². The zero-order chi connectivity index (χ0) is 22.0. The average molecular weight is 445 g/mol. The van der Waals surface area contributed by atoms with E-state index in [4.69, 9.17) is 11.6 Å². The van der Waals surface area contributed by atoms with Crippen LogP contribution in [0.4, 0.5) is 10.2 Å². The SMILES string of the molecule is Cn1nc2c(C(=O)NCc3ccc(F)c(Cl)c3)ncnc2c1NC(=O)C1CCCCC1. The quantitative estimate of drug-likeness (QED) is 0.626. The largest absolute Gasteiger partial charge is 0.347 e. The number of halogens is 2. The van der Waals surface area contributed by atoms with Crippen molar-refractivity contribution in [2.75, 3.05) is 5.32 Å². The number of hydrogen-bond donors (Lipinski definition) is 2. The van der Waals surface area contributed by atoms with Gasteiger partial charge in [-0.25, -0.2) is 19.0 Å². The molecule has 8 nitrogen and oxygen atoms in total. The summed E-state index contributed by atoms with van der Waals surface area (Å²) in [5, 5.41) is 10.0. The Balaban J connectivity index is 1.53. The van der Waals surface area contributed by atoms with Crippen molar-refractivity contribution < 1.29 is 14.0 Å². The molecule has 2 aromatic heterocycles. The van der Waals surface area contributed by atoms with Crippen molar-refractivity contribution >= 4 is 40.3 Å². The summed E-state index contributed by atoms with van der Waals surface area (Å²) in [6.07, 6.45) is 6.28. The molecule has 2 heterocycles. The molecule has 2 N–H and O–H groups in total. The standard InChI is InChI=1S/C21H22ClFN6O2/c1-29-19(27-20(30)13-5-3-2-4-6-13)17-16(28-29)18(26-11-25-17)21(31)24-10-12-7-8-15(23)14(22)9-12/h7-9,11,13H,2-6,10H2,1H3,(H,24,31)(H,27,30). The van der Waals surface area contributed by atoms with Crippen LogP contribution >= 0.6 is 11.6 Å². The van der Waals surface area contributed by atoms with Gasteiger partial charge in [-0.15, -0.1) is 0 Å². The van der Waals surface area contributed by atoms with Gasteiger partial charge in [0.15, 0.2) is 11.5 Å². The Labute approximate surface area is 183 Å². The Kier molecular flexibility index (Phi) is 6.13. The van der Waals surface area contributed by atoms with Gasteiger partial charge in [0.1, 0.15) is 23.2 Å². The number of amides is 2. The number of aryl methyl sites for hydroxylation is 1. The van der Waals surface area contributed by atoms with E-state index < -0.39 is 11.7 Å². The minimum Gasteiger partial charge on any atom is -0.347 e. The summed E-state index contributed by atoms with van der Waals surface area (Å²) in [4.78, 5) is 33.7. The van der Waals surface area contributed by atoms with Crippen molar-refractivity contribution in [2.45, 2.75) is 38.6 Å². The van der Waals surface area contributed by atoms with Crippen LogP contribution in [0.15, 0.2) is 24.5 Å². The highest BCUT2D eigenvalue weighted by molar-refractivity contribution is 6.30. The van der Waals surface area contributed by atoms with Crippen LogP contribution in [0, 0.1) is 11.7 Å². The van der Waals surface area contributed by atoms with Gasteiger partial charge in [0.05, 0.1) is 5.02 Å². The highest BCUT2D eigenvalue weighted by Gasteiger charge is 2.25. The van der Waals surface area contributed by atoms with Crippen LogP contribution in [0.3, 0.4) is 0 Å². The molecule has 31 heavy (non-hydrogen) atoms. The number of aromatic nitrogens is 4. The van der Waals surface area contributed by atoms with Crippen molar-refractivity contribution in [1.29, 1.82) is 0 Å². The van der Waals surface area contributed by atoms with E-state index in [2.05, 4.69) is 25.7 Å². The molecule has 0 unspecified atom stereocenters. The maximum absolute atomic E-state index is 13.3. The van der Waals surface area contributed by atoms with E-state index in [0.29, 0.717) is 22.4 Å². The second-order valence-corrected chi connectivity index (χ2v) is 8.05. The zero-order valence-corrected chi connectivity index (χ0v) is 17.7. The molecule has 3 aromatic rings. The summed E-state index contributed by atoms with van der Waals surface area (Å²) < 4.78 is 14.8. The minimum absolute atomic E-state index is 0.0146. The Bertz CT molecular complexity index is 1140. The first kappa shape index (κ1) is 21.2. The first-order chi connectivity index (χ1) is 14.9. The number of benzene rings is 1. The van der Waals surface area contributed by atoms with Gasteiger partial charge in [-0.1, -0.05) is 36.9 Å². The summed E-state index contributed by atoms with van der Waals surface area (Å²) in [6, 6.07) is 4.23. The predicted octanol–water partition coefficient (Wildman–Crippen LogP) is 3.60. The fourth-order valence-electron chi connectivity index (χ4n) is 3.81. The van der Waals surface area contributed by atoms with Crippen molar-refractivity contribution in [3.63, 3.8) is 0 Å². The lowest BCUT2D eigenvalue weighted by Crippen LogP contribution is -2.26. The van der Waals surface area contributed by atoms with E-state index in [9.17, 15) is 14.0 Å². The second-order valence-electron chi connectivity index (χ2n) is 7.65. The van der Waals surface area contributed by atoms with Crippen LogP contribution in [0.5, 0.6) is 0 Å². The second kappa shape index (κ2) is 8.97. The van der Waals surface area contributed by atoms with Crippen LogP contribution in [0.2, 0.25) is 5.02 Å². The lowest BCUT2D eigenvalue weighted by atomic mass is 9.89. The van der Waals surface area contributed by atoms with Crippen molar-refractivity contribution in [3.8, 4) is 0 Å². The topological polar surface area (TPSA) is 102 Å². The normalized spacial score (nSPS) is 14.5. The van der Waals surface area contributed by atoms with Gasteiger partial charge in [-0.3, -0.25) is 9.59 Å². The molecule has 0 atom stereocenters. The van der Waals surface area contributed by atoms with E-state index in [1.807, 2.05) is 0 Å². The van der Waals surface area contributed by atoms with Crippen LogP contribution < -0.4 is 10.6 Å². The Morgan fingerprint density at radius 2 is 1.97 bits per heavy atom. The van der Waals surface area contributed by atoms with Gasteiger partial charge in [0.25, 0.3) is 5.91 Å². The first-order valence-corrected chi connectivity index (χ1v) is 10.5. The molecule has 1 fully saturated rings. The Morgan fingerprint density at radius 3 is 2.71 bits per heavy atom. The summed E-state index contributed by atoms with van der Waals surface area (Å²) in [6.45, 7) is 0.141. The molecule has 0 bridgehead atoms. The third-order valence-corrected chi connectivity index (χ3v) is 5.78. The number of fused-ring (bicyclic) bond motifs is 1. The molecule has 0 radical (unpaired) electrons. The third-order valence-electron chi connectivity index (χ3n) is 5.49. The molecule has 2 amide bonds. The molecular formula is C21H22ClFN6O2. The number of nitrogens with one attached hydrogen (secondary N) is 2. The van der Waals surface area contributed by atoms with Gasteiger partial charge in [-0.05, 0) is 30.5 Å². The smallest absolute Gasteiger partial charge is 0.272 e. The third kappa shape index (κ3) is 4.51. The van der Waals surface area contributed by atoms with Crippen molar-refractivity contribution in [3.05, 3.63) is 46.6 Å². The molecule has 0 spiro atoms. The van der Waals surface area contributed by atoms with E-state index >= 15 is 0 Å². The molecule has 1 aliphatic carbocycles.